The molecule has 0 spiro atoms. The number of likely N-dealkylation sites (tertiary alicyclic amines) is 1. The summed E-state index contributed by atoms with van der Waals surface area (Å²) in [6.07, 6.45) is 5.22. The van der Waals surface area contributed by atoms with Crippen molar-refractivity contribution in [2.45, 2.75) is 45.8 Å². The minimum Gasteiger partial charge on any atom is -0.284 e. The summed E-state index contributed by atoms with van der Waals surface area (Å²) in [5.41, 5.74) is 0. The third-order valence-corrected chi connectivity index (χ3v) is 3.88. The highest BCUT2D eigenvalue weighted by Gasteiger charge is 2.57. The van der Waals surface area contributed by atoms with E-state index in [2.05, 4.69) is 19.9 Å². The smallest absolute Gasteiger partial charge is 0.261 e. The first-order chi connectivity index (χ1) is 9.47. The van der Waals surface area contributed by atoms with Gasteiger partial charge in [-0.15, -0.1) is 0 Å². The van der Waals surface area contributed by atoms with Gasteiger partial charge in [-0.2, -0.15) is 5.06 Å². The Morgan fingerprint density at radius 1 is 1.30 bits per heavy atom. The van der Waals surface area contributed by atoms with Crippen LogP contribution in [0.5, 0.6) is 0 Å². The van der Waals surface area contributed by atoms with Gasteiger partial charge in [0.15, 0.2) is 6.10 Å². The van der Waals surface area contributed by atoms with Crippen LogP contribution in [0, 0.1) is 11.8 Å². The van der Waals surface area contributed by atoms with Crippen LogP contribution in [0.25, 0.3) is 0 Å². The number of hydrogen-bond donors (Lipinski definition) is 0. The van der Waals surface area contributed by atoms with Crippen molar-refractivity contribution in [1.29, 1.82) is 0 Å². The number of likely N-dealkylation sites (N-methyl/N-ethyl adjacent to an activating group) is 1. The lowest BCUT2D eigenvalue weighted by atomic mass is 9.95. The van der Waals surface area contributed by atoms with Gasteiger partial charge in [0.1, 0.15) is 0 Å². The van der Waals surface area contributed by atoms with Gasteiger partial charge in [0.05, 0.1) is 12.0 Å². The molecule has 0 radical (unpaired) electrons. The van der Waals surface area contributed by atoms with Gasteiger partial charge in [-0.25, -0.2) is 0 Å². The molecule has 0 aliphatic carbocycles. The molecule has 5 nitrogen and oxygen atoms in total. The third-order valence-electron chi connectivity index (χ3n) is 3.88. The maximum atomic E-state index is 12.5. The van der Waals surface area contributed by atoms with Crippen molar-refractivity contribution in [3.05, 3.63) is 12.2 Å². The molecule has 3 unspecified atom stereocenters. The van der Waals surface area contributed by atoms with E-state index >= 15 is 0 Å². The average Bonchev–Trinajstić information content (AvgIpc) is 2.82. The standard InChI is InChI=1S/C15H24N2O3/c1-5-6-9-17-14(18)12-11(8-7-10(2)3)16(4)20-13(12)15(17)19/h7-8,10-13H,5-6,9H2,1-4H3/b8-7+. The Bertz CT molecular complexity index is 419. The van der Waals surface area contributed by atoms with Crippen LogP contribution in [0.3, 0.4) is 0 Å². The largest absolute Gasteiger partial charge is 0.284 e. The quantitative estimate of drug-likeness (QED) is 0.567. The second kappa shape index (κ2) is 6.06. The second-order valence-electron chi connectivity index (χ2n) is 5.90. The summed E-state index contributed by atoms with van der Waals surface area (Å²) in [5, 5.41) is 1.64. The molecule has 2 aliphatic rings. The predicted octanol–water partition coefficient (Wildman–Crippen LogP) is 1.60. The van der Waals surface area contributed by atoms with E-state index in [9.17, 15) is 9.59 Å². The molecule has 112 valence electrons. The Morgan fingerprint density at radius 3 is 2.60 bits per heavy atom. The van der Waals surface area contributed by atoms with E-state index in [1.165, 1.54) is 4.90 Å². The highest BCUT2D eigenvalue weighted by atomic mass is 16.7. The third kappa shape index (κ3) is 2.65. The van der Waals surface area contributed by atoms with Crippen LogP contribution in [0.1, 0.15) is 33.6 Å². The van der Waals surface area contributed by atoms with E-state index in [1.54, 1.807) is 12.1 Å². The Labute approximate surface area is 120 Å². The van der Waals surface area contributed by atoms with Gasteiger partial charge in [-0.1, -0.05) is 39.3 Å². The van der Waals surface area contributed by atoms with Gasteiger partial charge in [0.2, 0.25) is 5.91 Å². The number of hydrogen-bond acceptors (Lipinski definition) is 4. The number of amides is 2. The van der Waals surface area contributed by atoms with E-state index < -0.39 is 6.10 Å². The molecule has 2 aliphatic heterocycles. The highest BCUT2D eigenvalue weighted by Crippen LogP contribution is 2.35. The summed E-state index contributed by atoms with van der Waals surface area (Å²) in [5.74, 6) is -0.248. The predicted molar refractivity (Wildman–Crippen MR) is 75.5 cm³/mol. The molecule has 2 saturated heterocycles. The van der Waals surface area contributed by atoms with Crippen LogP contribution in [-0.2, 0) is 14.4 Å². The lowest BCUT2D eigenvalue weighted by molar-refractivity contribution is -0.166. The minimum atomic E-state index is -0.633. The van der Waals surface area contributed by atoms with Gasteiger partial charge in [0.25, 0.3) is 5.91 Å². The Morgan fingerprint density at radius 2 is 2.00 bits per heavy atom. The first-order valence-electron chi connectivity index (χ1n) is 7.40. The number of unbranched alkanes of at least 4 members (excludes halogenated alkanes) is 1. The zero-order chi connectivity index (χ0) is 14.9. The van der Waals surface area contributed by atoms with E-state index in [4.69, 9.17) is 4.84 Å². The van der Waals surface area contributed by atoms with Gasteiger partial charge >= 0.3 is 0 Å². The number of nitrogens with zero attached hydrogens (tertiary/aromatic N) is 2. The zero-order valence-electron chi connectivity index (χ0n) is 12.7. The first-order valence-corrected chi connectivity index (χ1v) is 7.40. The Kier molecular flexibility index (Phi) is 4.60. The maximum Gasteiger partial charge on any atom is 0.261 e. The number of fused-ring (bicyclic) bond motifs is 1. The lowest BCUT2D eigenvalue weighted by Crippen LogP contribution is -2.38. The molecule has 0 aromatic carbocycles. The van der Waals surface area contributed by atoms with Crippen molar-refractivity contribution < 1.29 is 14.4 Å². The van der Waals surface area contributed by atoms with E-state index in [0.29, 0.717) is 12.5 Å². The number of allylic oxidation sites excluding steroid dienone is 1. The minimum absolute atomic E-state index is 0.0868. The van der Waals surface area contributed by atoms with Crippen LogP contribution >= 0.6 is 0 Å². The SMILES string of the molecule is CCCCN1C(=O)C2ON(C)C(/C=C/C(C)C)C2C1=O. The zero-order valence-corrected chi connectivity index (χ0v) is 12.7. The van der Waals surface area contributed by atoms with Crippen molar-refractivity contribution in [1.82, 2.24) is 9.96 Å². The summed E-state index contributed by atoms with van der Waals surface area (Å²) in [6.45, 7) is 6.72. The molecule has 2 heterocycles. The first kappa shape index (κ1) is 15.2. The van der Waals surface area contributed by atoms with Crippen molar-refractivity contribution in [2.24, 2.45) is 11.8 Å². The molecule has 0 bridgehead atoms. The number of imide groups is 1. The van der Waals surface area contributed by atoms with E-state index in [1.807, 2.05) is 13.0 Å². The van der Waals surface area contributed by atoms with Crippen molar-refractivity contribution in [2.75, 3.05) is 13.6 Å². The van der Waals surface area contributed by atoms with Gasteiger partial charge in [-0.3, -0.25) is 19.3 Å². The normalized spacial score (nSPS) is 31.1. The molecule has 2 rings (SSSR count). The molecule has 0 saturated carbocycles. The average molecular weight is 280 g/mol. The highest BCUT2D eigenvalue weighted by molar-refractivity contribution is 6.07. The molecular formula is C15H24N2O3. The molecule has 5 heteroatoms. The number of hydroxylamine groups is 2. The van der Waals surface area contributed by atoms with Crippen LogP contribution in [0.4, 0.5) is 0 Å². The fraction of sp³-hybridized carbons (Fsp3) is 0.733. The van der Waals surface area contributed by atoms with E-state index in [0.717, 1.165) is 12.8 Å². The summed E-state index contributed by atoms with van der Waals surface area (Å²) in [7, 11) is 1.78. The number of carbonyl (C=O) groups is 2. The second-order valence-corrected chi connectivity index (χ2v) is 5.90. The van der Waals surface area contributed by atoms with Gasteiger partial charge in [0, 0.05) is 13.6 Å². The Hall–Kier alpha value is -1.20. The summed E-state index contributed by atoms with van der Waals surface area (Å²) < 4.78 is 0. The molecule has 2 amide bonds. The monoisotopic (exact) mass is 280 g/mol. The van der Waals surface area contributed by atoms with Crippen molar-refractivity contribution in [3.8, 4) is 0 Å². The maximum absolute atomic E-state index is 12.5. The fourth-order valence-corrected chi connectivity index (χ4v) is 2.75. The molecule has 0 aromatic heterocycles. The summed E-state index contributed by atoms with van der Waals surface area (Å²) in [4.78, 5) is 31.7. The van der Waals surface area contributed by atoms with Crippen LogP contribution in [0.2, 0.25) is 0 Å². The number of rotatable bonds is 5. The molecule has 0 N–H and O–H groups in total. The number of carbonyl (C=O) groups excluding carboxylic acids is 2. The fourth-order valence-electron chi connectivity index (χ4n) is 2.75. The molecule has 20 heavy (non-hydrogen) atoms. The topological polar surface area (TPSA) is 49.9 Å². The molecule has 3 atom stereocenters. The van der Waals surface area contributed by atoms with Gasteiger partial charge in [-0.05, 0) is 12.3 Å². The lowest BCUT2D eigenvalue weighted by Gasteiger charge is -2.21. The van der Waals surface area contributed by atoms with Crippen LogP contribution in [0.15, 0.2) is 12.2 Å². The van der Waals surface area contributed by atoms with Crippen molar-refractivity contribution >= 4 is 11.8 Å². The molecule has 2 fully saturated rings. The molecular weight excluding hydrogens is 256 g/mol. The van der Waals surface area contributed by atoms with Crippen LogP contribution in [-0.4, -0.2) is 47.5 Å². The summed E-state index contributed by atoms with van der Waals surface area (Å²) >= 11 is 0. The van der Waals surface area contributed by atoms with E-state index in [-0.39, 0.29) is 23.8 Å². The van der Waals surface area contributed by atoms with Gasteiger partial charge < -0.3 is 0 Å². The van der Waals surface area contributed by atoms with Crippen molar-refractivity contribution in [3.63, 3.8) is 0 Å². The van der Waals surface area contributed by atoms with Crippen LogP contribution < -0.4 is 0 Å². The summed E-state index contributed by atoms with van der Waals surface area (Å²) in [6, 6.07) is -0.148. The Balaban J connectivity index is 2.16. The molecule has 0 aromatic rings.